The molecule has 5 nitrogen and oxygen atoms in total. The first kappa shape index (κ1) is 13.2. The van der Waals surface area contributed by atoms with Crippen LogP contribution in [0.1, 0.15) is 40.0 Å². The number of fused-ring (bicyclic) bond motifs is 1. The molecule has 4 atom stereocenters. The number of rotatable bonds is 2. The van der Waals surface area contributed by atoms with Gasteiger partial charge in [-0.25, -0.2) is 4.79 Å². The summed E-state index contributed by atoms with van der Waals surface area (Å²) in [4.78, 5) is 22.7. The fourth-order valence-corrected chi connectivity index (χ4v) is 2.80. The van der Waals surface area contributed by atoms with Crippen LogP contribution in [0.3, 0.4) is 0 Å². The Morgan fingerprint density at radius 1 is 1.22 bits per heavy atom. The van der Waals surface area contributed by atoms with Crippen molar-refractivity contribution in [2.75, 3.05) is 0 Å². The molecule has 0 aromatic rings. The molecule has 2 fully saturated rings. The average molecular weight is 255 g/mol. The lowest BCUT2D eigenvalue weighted by Gasteiger charge is -2.28. The number of amides is 1. The molecule has 2 N–H and O–H groups in total. The molecular formula is C13H21NO4. The molecule has 0 aliphatic heterocycles. The van der Waals surface area contributed by atoms with Crippen molar-refractivity contribution < 1.29 is 19.4 Å². The van der Waals surface area contributed by atoms with Crippen molar-refractivity contribution in [3.8, 4) is 0 Å². The zero-order chi connectivity index (χ0) is 13.5. The fourth-order valence-electron chi connectivity index (χ4n) is 2.80. The summed E-state index contributed by atoms with van der Waals surface area (Å²) in [6.07, 6.45) is 1.87. The molecule has 2 saturated carbocycles. The number of alkyl carbamates (subject to hydrolysis) is 1. The van der Waals surface area contributed by atoms with E-state index in [1.807, 2.05) is 20.8 Å². The third-order valence-corrected chi connectivity index (χ3v) is 3.67. The van der Waals surface area contributed by atoms with E-state index in [4.69, 9.17) is 9.84 Å². The molecule has 102 valence electrons. The molecule has 2 unspecified atom stereocenters. The number of carbonyl (C=O) groups is 2. The standard InChI is InChI=1S/C13H21NO4/c1-13(2,3)18-12(17)14-10-6-8(11(15)16)4-7-5-9(7)10/h7-10H,4-6H2,1-3H3,(H,14,17)(H,15,16)/t7?,8-,9?,10+/m1/s1. The lowest BCUT2D eigenvalue weighted by atomic mass is 9.86. The Morgan fingerprint density at radius 2 is 1.89 bits per heavy atom. The highest BCUT2D eigenvalue weighted by atomic mass is 16.6. The second-order valence-electron chi connectivity index (χ2n) is 6.42. The largest absolute Gasteiger partial charge is 0.481 e. The maximum Gasteiger partial charge on any atom is 0.407 e. The zero-order valence-corrected chi connectivity index (χ0v) is 11.1. The predicted octanol–water partition coefficient (Wildman–Crippen LogP) is 2.01. The number of hydrogen-bond donors (Lipinski definition) is 2. The summed E-state index contributed by atoms with van der Waals surface area (Å²) >= 11 is 0. The average Bonchev–Trinajstić information content (AvgIpc) is 2.92. The summed E-state index contributed by atoms with van der Waals surface area (Å²) in [6, 6.07) is -0.0419. The molecule has 18 heavy (non-hydrogen) atoms. The molecule has 0 saturated heterocycles. The Bertz CT molecular complexity index is 360. The predicted molar refractivity (Wildman–Crippen MR) is 65.1 cm³/mol. The van der Waals surface area contributed by atoms with Gasteiger partial charge in [-0.2, -0.15) is 0 Å². The van der Waals surface area contributed by atoms with E-state index in [1.54, 1.807) is 0 Å². The number of aliphatic carboxylic acids is 1. The third-order valence-electron chi connectivity index (χ3n) is 3.67. The van der Waals surface area contributed by atoms with E-state index in [1.165, 1.54) is 0 Å². The summed E-state index contributed by atoms with van der Waals surface area (Å²) in [7, 11) is 0. The van der Waals surface area contributed by atoms with Gasteiger partial charge in [0.25, 0.3) is 0 Å². The van der Waals surface area contributed by atoms with E-state index < -0.39 is 17.7 Å². The van der Waals surface area contributed by atoms with E-state index in [2.05, 4.69) is 5.32 Å². The molecular weight excluding hydrogens is 234 g/mol. The monoisotopic (exact) mass is 255 g/mol. The molecule has 5 heteroatoms. The molecule has 0 bridgehead atoms. The van der Waals surface area contributed by atoms with Crippen LogP contribution in [-0.2, 0) is 9.53 Å². The Balaban J connectivity index is 1.89. The second-order valence-corrected chi connectivity index (χ2v) is 6.42. The van der Waals surface area contributed by atoms with Crippen LogP contribution in [0.2, 0.25) is 0 Å². The van der Waals surface area contributed by atoms with Crippen LogP contribution in [-0.4, -0.2) is 28.8 Å². The number of carboxylic acid groups (broad SMARTS) is 1. The number of carbonyl (C=O) groups excluding carboxylic acids is 1. The molecule has 0 spiro atoms. The molecule has 0 heterocycles. The fraction of sp³-hybridized carbons (Fsp3) is 0.846. The first-order valence-electron chi connectivity index (χ1n) is 6.48. The second kappa shape index (κ2) is 4.44. The first-order chi connectivity index (χ1) is 8.26. The van der Waals surface area contributed by atoms with Gasteiger partial charge in [0.1, 0.15) is 5.60 Å². The van der Waals surface area contributed by atoms with E-state index in [-0.39, 0.29) is 12.0 Å². The first-order valence-corrected chi connectivity index (χ1v) is 6.48. The SMILES string of the molecule is CC(C)(C)OC(=O)N[C@H]1C[C@H](C(=O)O)CC2CC21. The summed E-state index contributed by atoms with van der Waals surface area (Å²) < 4.78 is 5.21. The Kier molecular flexibility index (Phi) is 3.25. The summed E-state index contributed by atoms with van der Waals surface area (Å²) in [5.74, 6) is -0.155. The van der Waals surface area contributed by atoms with Crippen LogP contribution >= 0.6 is 0 Å². The molecule has 2 aliphatic carbocycles. The lowest BCUT2D eigenvalue weighted by Crippen LogP contribution is -2.44. The number of carboxylic acids is 1. The Labute approximate surface area is 107 Å². The molecule has 0 aromatic heterocycles. The minimum absolute atomic E-state index is 0.0419. The Morgan fingerprint density at radius 3 is 2.44 bits per heavy atom. The summed E-state index contributed by atoms with van der Waals surface area (Å²) in [5, 5.41) is 11.9. The van der Waals surface area contributed by atoms with E-state index in [0.29, 0.717) is 18.3 Å². The van der Waals surface area contributed by atoms with E-state index in [0.717, 1.165) is 12.8 Å². The van der Waals surface area contributed by atoms with Crippen LogP contribution in [0, 0.1) is 17.8 Å². The van der Waals surface area contributed by atoms with Gasteiger partial charge in [0, 0.05) is 6.04 Å². The highest BCUT2D eigenvalue weighted by Crippen LogP contribution is 2.51. The van der Waals surface area contributed by atoms with Gasteiger partial charge in [0.15, 0.2) is 0 Å². The maximum absolute atomic E-state index is 11.7. The van der Waals surface area contributed by atoms with E-state index in [9.17, 15) is 9.59 Å². The van der Waals surface area contributed by atoms with Gasteiger partial charge in [-0.15, -0.1) is 0 Å². The van der Waals surface area contributed by atoms with Crippen molar-refractivity contribution in [1.82, 2.24) is 5.32 Å². The van der Waals surface area contributed by atoms with Gasteiger partial charge in [0.05, 0.1) is 5.92 Å². The topological polar surface area (TPSA) is 75.6 Å². The minimum Gasteiger partial charge on any atom is -0.481 e. The van der Waals surface area contributed by atoms with Crippen molar-refractivity contribution in [3.63, 3.8) is 0 Å². The number of ether oxygens (including phenoxy) is 1. The van der Waals surface area contributed by atoms with Crippen molar-refractivity contribution in [2.24, 2.45) is 17.8 Å². The van der Waals surface area contributed by atoms with Gasteiger partial charge in [-0.05, 0) is 51.9 Å². The Hall–Kier alpha value is -1.26. The van der Waals surface area contributed by atoms with Crippen LogP contribution in [0.5, 0.6) is 0 Å². The molecule has 2 rings (SSSR count). The van der Waals surface area contributed by atoms with Crippen molar-refractivity contribution in [1.29, 1.82) is 0 Å². The molecule has 2 aliphatic rings. The van der Waals surface area contributed by atoms with Crippen molar-refractivity contribution >= 4 is 12.1 Å². The van der Waals surface area contributed by atoms with Crippen LogP contribution in [0.25, 0.3) is 0 Å². The molecule has 0 radical (unpaired) electrons. The zero-order valence-electron chi connectivity index (χ0n) is 11.1. The van der Waals surface area contributed by atoms with Gasteiger partial charge in [0.2, 0.25) is 0 Å². The van der Waals surface area contributed by atoms with E-state index >= 15 is 0 Å². The van der Waals surface area contributed by atoms with Gasteiger partial charge in [-0.3, -0.25) is 4.79 Å². The minimum atomic E-state index is -0.753. The van der Waals surface area contributed by atoms with Crippen molar-refractivity contribution in [3.05, 3.63) is 0 Å². The summed E-state index contributed by atoms with van der Waals surface area (Å²) in [6.45, 7) is 5.44. The number of nitrogens with one attached hydrogen (secondary N) is 1. The maximum atomic E-state index is 11.7. The van der Waals surface area contributed by atoms with Crippen LogP contribution in [0.15, 0.2) is 0 Å². The number of hydrogen-bond acceptors (Lipinski definition) is 3. The smallest absolute Gasteiger partial charge is 0.407 e. The lowest BCUT2D eigenvalue weighted by molar-refractivity contribution is -0.143. The van der Waals surface area contributed by atoms with Gasteiger partial charge < -0.3 is 15.2 Å². The molecule has 1 amide bonds. The summed E-state index contributed by atoms with van der Waals surface area (Å²) in [5.41, 5.74) is -0.520. The molecule has 0 aromatic carbocycles. The normalized spacial score (nSPS) is 34.4. The quantitative estimate of drug-likeness (QED) is 0.791. The van der Waals surface area contributed by atoms with Gasteiger partial charge in [-0.1, -0.05) is 0 Å². The highest BCUT2D eigenvalue weighted by molar-refractivity contribution is 5.71. The third kappa shape index (κ3) is 3.15. The van der Waals surface area contributed by atoms with Crippen LogP contribution < -0.4 is 5.32 Å². The van der Waals surface area contributed by atoms with Gasteiger partial charge >= 0.3 is 12.1 Å². The van der Waals surface area contributed by atoms with Crippen molar-refractivity contribution in [2.45, 2.75) is 51.7 Å². The highest BCUT2D eigenvalue weighted by Gasteiger charge is 2.50. The van der Waals surface area contributed by atoms with Crippen LogP contribution in [0.4, 0.5) is 4.79 Å².